The van der Waals surface area contributed by atoms with E-state index in [0.717, 1.165) is 32.1 Å². The predicted octanol–water partition coefficient (Wildman–Crippen LogP) is 5.46. The van der Waals surface area contributed by atoms with Crippen LogP contribution in [-0.2, 0) is 4.79 Å². The van der Waals surface area contributed by atoms with E-state index >= 15 is 0 Å². The number of allylic oxidation sites excluding steroid dienone is 4. The maximum absolute atomic E-state index is 11.6. The van der Waals surface area contributed by atoms with Gasteiger partial charge in [-0.25, -0.2) is 4.79 Å². The van der Waals surface area contributed by atoms with Gasteiger partial charge in [0, 0.05) is 0 Å². The van der Waals surface area contributed by atoms with E-state index in [1.165, 1.54) is 11.1 Å². The Morgan fingerprint density at radius 1 is 1.19 bits per heavy atom. The molecule has 0 heterocycles. The number of aliphatic carboxylic acids is 1. The average Bonchev–Trinajstić information content (AvgIpc) is 2.53. The Balaban J connectivity index is 2.87. The van der Waals surface area contributed by atoms with Crippen LogP contribution in [0.2, 0.25) is 0 Å². The number of aliphatic hydroxyl groups excluding tert-OH is 2. The molecule has 0 spiro atoms. The van der Waals surface area contributed by atoms with Crippen molar-refractivity contribution in [2.24, 2.45) is 5.92 Å². The summed E-state index contributed by atoms with van der Waals surface area (Å²) in [5, 5.41) is 30.5. The van der Waals surface area contributed by atoms with E-state index in [1.807, 2.05) is 13.0 Å². The van der Waals surface area contributed by atoms with E-state index in [0.29, 0.717) is 18.4 Å². The van der Waals surface area contributed by atoms with Crippen LogP contribution in [-0.4, -0.2) is 27.4 Å². The molecule has 0 saturated heterocycles. The molecule has 0 radical (unpaired) electrons. The van der Waals surface area contributed by atoms with E-state index in [9.17, 15) is 20.1 Å². The highest BCUT2D eigenvalue weighted by Crippen LogP contribution is 2.34. The first-order valence-electron chi connectivity index (χ1n) is 9.62. The first kappa shape index (κ1) is 22.2. The second-order valence-electron chi connectivity index (χ2n) is 7.42. The number of aliphatic hydroxyl groups is 2. The van der Waals surface area contributed by atoms with E-state index in [-0.39, 0.29) is 11.3 Å². The predicted molar refractivity (Wildman–Crippen MR) is 106 cm³/mol. The molecule has 0 amide bonds. The molecule has 4 nitrogen and oxygen atoms in total. The number of rotatable bonds is 10. The first-order valence-corrected chi connectivity index (χ1v) is 9.62. The molecule has 2 unspecified atom stereocenters. The normalized spacial score (nSPS) is 20.8. The van der Waals surface area contributed by atoms with Crippen LogP contribution < -0.4 is 0 Å². The lowest BCUT2D eigenvalue weighted by atomic mass is 9.82. The molecule has 0 bridgehead atoms. The van der Waals surface area contributed by atoms with Crippen molar-refractivity contribution in [1.82, 2.24) is 0 Å². The van der Waals surface area contributed by atoms with E-state index in [4.69, 9.17) is 0 Å². The van der Waals surface area contributed by atoms with E-state index in [1.54, 1.807) is 6.08 Å². The van der Waals surface area contributed by atoms with Crippen LogP contribution in [0.1, 0.15) is 72.6 Å². The average molecular weight is 363 g/mol. The molecule has 0 aromatic rings. The van der Waals surface area contributed by atoms with Gasteiger partial charge in [-0.15, -0.1) is 0 Å². The topological polar surface area (TPSA) is 77.8 Å². The van der Waals surface area contributed by atoms with Gasteiger partial charge in [0.25, 0.3) is 0 Å². The van der Waals surface area contributed by atoms with Gasteiger partial charge in [0.1, 0.15) is 11.3 Å². The maximum Gasteiger partial charge on any atom is 0.339 e. The van der Waals surface area contributed by atoms with Crippen molar-refractivity contribution in [3.63, 3.8) is 0 Å². The molecule has 0 aliphatic heterocycles. The maximum atomic E-state index is 11.6. The van der Waals surface area contributed by atoms with E-state index in [2.05, 4.69) is 26.8 Å². The molecular formula is C22H34O4. The summed E-state index contributed by atoms with van der Waals surface area (Å²) in [6.45, 7) is 8.24. The van der Waals surface area contributed by atoms with Crippen LogP contribution in [0.25, 0.3) is 0 Å². The van der Waals surface area contributed by atoms with Crippen molar-refractivity contribution in [1.29, 1.82) is 0 Å². The molecule has 0 aromatic heterocycles. The Labute approximate surface area is 157 Å². The van der Waals surface area contributed by atoms with Crippen molar-refractivity contribution in [3.05, 3.63) is 46.3 Å². The quantitative estimate of drug-likeness (QED) is 0.356. The summed E-state index contributed by atoms with van der Waals surface area (Å²) in [6, 6.07) is 0. The van der Waals surface area contributed by atoms with Gasteiger partial charge in [-0.1, -0.05) is 49.1 Å². The highest BCUT2D eigenvalue weighted by atomic mass is 16.4. The second kappa shape index (κ2) is 11.0. The zero-order chi connectivity index (χ0) is 19.7. The third-order valence-electron chi connectivity index (χ3n) is 4.79. The number of hydrogen-bond donors (Lipinski definition) is 3. The Bertz CT molecular complexity index is 604. The summed E-state index contributed by atoms with van der Waals surface area (Å²) in [7, 11) is 0. The SMILES string of the molecule is CCCCCC1=CC(O)C(C/C=C(\C)CCC=C(C)C)C(O)=C1C(=O)O. The number of carboxylic acids is 1. The Hall–Kier alpha value is -1.81. The third-order valence-corrected chi connectivity index (χ3v) is 4.79. The number of carbonyl (C=O) groups is 1. The van der Waals surface area contributed by atoms with E-state index < -0.39 is 18.0 Å². The van der Waals surface area contributed by atoms with Gasteiger partial charge in [0.2, 0.25) is 0 Å². The molecule has 4 heteroatoms. The Morgan fingerprint density at radius 3 is 2.46 bits per heavy atom. The Morgan fingerprint density at radius 2 is 1.88 bits per heavy atom. The van der Waals surface area contributed by atoms with Gasteiger partial charge in [-0.2, -0.15) is 0 Å². The van der Waals surface area contributed by atoms with Gasteiger partial charge >= 0.3 is 5.97 Å². The van der Waals surface area contributed by atoms with Crippen LogP contribution in [0.3, 0.4) is 0 Å². The van der Waals surface area contributed by atoms with Gasteiger partial charge in [-0.05, 0) is 58.4 Å². The highest BCUT2D eigenvalue weighted by molar-refractivity contribution is 5.92. The molecule has 0 saturated carbocycles. The molecule has 1 aliphatic rings. The fourth-order valence-corrected chi connectivity index (χ4v) is 3.21. The van der Waals surface area contributed by atoms with Crippen molar-refractivity contribution in [2.45, 2.75) is 78.7 Å². The minimum absolute atomic E-state index is 0.0213. The summed E-state index contributed by atoms with van der Waals surface area (Å²) < 4.78 is 0. The van der Waals surface area contributed by atoms with Crippen molar-refractivity contribution >= 4 is 5.97 Å². The number of unbranched alkanes of at least 4 members (excludes halogenated alkanes) is 2. The lowest BCUT2D eigenvalue weighted by molar-refractivity contribution is -0.132. The fourth-order valence-electron chi connectivity index (χ4n) is 3.21. The molecule has 3 N–H and O–H groups in total. The van der Waals surface area contributed by atoms with Gasteiger partial charge in [0.15, 0.2) is 0 Å². The minimum atomic E-state index is -1.12. The minimum Gasteiger partial charge on any atom is -0.511 e. The van der Waals surface area contributed by atoms with Crippen LogP contribution >= 0.6 is 0 Å². The number of carboxylic acid groups (broad SMARTS) is 1. The summed E-state index contributed by atoms with van der Waals surface area (Å²) >= 11 is 0. The van der Waals surface area contributed by atoms with Crippen molar-refractivity contribution < 1.29 is 20.1 Å². The second-order valence-corrected chi connectivity index (χ2v) is 7.42. The van der Waals surface area contributed by atoms with Gasteiger partial charge in [-0.3, -0.25) is 0 Å². The van der Waals surface area contributed by atoms with Crippen molar-refractivity contribution in [2.75, 3.05) is 0 Å². The zero-order valence-corrected chi connectivity index (χ0v) is 16.6. The van der Waals surface area contributed by atoms with Crippen LogP contribution in [0.4, 0.5) is 0 Å². The number of hydrogen-bond acceptors (Lipinski definition) is 3. The standard InChI is InChI=1S/C22H34O4/c1-5-6-7-11-17-14-19(23)18(21(24)20(17)22(25)26)13-12-16(4)10-8-9-15(2)3/h9,12,14,18-19,23-24H,5-8,10-11,13H2,1-4H3,(H,25,26)/b16-12+. The molecule has 26 heavy (non-hydrogen) atoms. The lowest BCUT2D eigenvalue weighted by Crippen LogP contribution is -2.28. The van der Waals surface area contributed by atoms with Gasteiger partial charge in [0.05, 0.1) is 12.0 Å². The van der Waals surface area contributed by atoms with Gasteiger partial charge < -0.3 is 15.3 Å². The molecule has 1 rings (SSSR count). The Kier molecular flexibility index (Phi) is 9.42. The summed E-state index contributed by atoms with van der Waals surface area (Å²) in [6.07, 6.45) is 10.7. The zero-order valence-electron chi connectivity index (χ0n) is 16.6. The lowest BCUT2D eigenvalue weighted by Gasteiger charge is -2.27. The third kappa shape index (κ3) is 6.83. The smallest absolute Gasteiger partial charge is 0.339 e. The summed E-state index contributed by atoms with van der Waals surface area (Å²) in [5.41, 5.74) is 2.99. The summed E-state index contributed by atoms with van der Waals surface area (Å²) in [5.74, 6) is -1.90. The molecule has 0 aromatic carbocycles. The molecule has 2 atom stereocenters. The monoisotopic (exact) mass is 362 g/mol. The van der Waals surface area contributed by atoms with Crippen LogP contribution in [0.15, 0.2) is 46.3 Å². The summed E-state index contributed by atoms with van der Waals surface area (Å²) in [4.78, 5) is 11.6. The first-order chi connectivity index (χ1) is 12.3. The largest absolute Gasteiger partial charge is 0.511 e. The van der Waals surface area contributed by atoms with Crippen LogP contribution in [0.5, 0.6) is 0 Å². The molecule has 1 aliphatic carbocycles. The molecular weight excluding hydrogens is 328 g/mol. The fraction of sp³-hybridized carbons (Fsp3) is 0.591. The van der Waals surface area contributed by atoms with Crippen molar-refractivity contribution in [3.8, 4) is 0 Å². The molecule has 0 fully saturated rings. The molecule has 146 valence electrons. The van der Waals surface area contributed by atoms with Crippen LogP contribution in [0, 0.1) is 5.92 Å². The highest BCUT2D eigenvalue weighted by Gasteiger charge is 2.33.